The first-order valence-electron chi connectivity index (χ1n) is 4.73. The third-order valence-electron chi connectivity index (χ3n) is 1.88. The van der Waals surface area contributed by atoms with Crippen molar-refractivity contribution in [2.24, 2.45) is 5.73 Å². The van der Waals surface area contributed by atoms with Crippen molar-refractivity contribution >= 4 is 11.6 Å². The maximum absolute atomic E-state index is 11.0. The van der Waals surface area contributed by atoms with Crippen LogP contribution in [0.5, 0.6) is 0 Å². The number of non-ortho nitro benzene ring substituents is 1. The van der Waals surface area contributed by atoms with Crippen LogP contribution >= 0.6 is 0 Å². The van der Waals surface area contributed by atoms with Gasteiger partial charge < -0.3 is 10.8 Å². The standard InChI is InChI=1S/C11H10N2O4/c12-11(15)9-5-8(3-1-2-4-14)6-10(7-9)13(16)17/h5-7,14H,2,4H2,(H2,12,15). The summed E-state index contributed by atoms with van der Waals surface area (Å²) in [4.78, 5) is 21.0. The van der Waals surface area contributed by atoms with Crippen molar-refractivity contribution in [3.05, 3.63) is 39.4 Å². The lowest BCUT2D eigenvalue weighted by atomic mass is 10.1. The van der Waals surface area contributed by atoms with Gasteiger partial charge in [0.25, 0.3) is 5.69 Å². The van der Waals surface area contributed by atoms with Gasteiger partial charge in [-0.25, -0.2) is 0 Å². The van der Waals surface area contributed by atoms with Crippen molar-refractivity contribution < 1.29 is 14.8 Å². The first-order chi connectivity index (χ1) is 8.04. The second-order valence-electron chi connectivity index (χ2n) is 3.17. The lowest BCUT2D eigenvalue weighted by molar-refractivity contribution is -0.384. The minimum atomic E-state index is -0.751. The molecular formula is C11H10N2O4. The average molecular weight is 234 g/mol. The summed E-state index contributed by atoms with van der Waals surface area (Å²) in [7, 11) is 0. The van der Waals surface area contributed by atoms with Crippen LogP contribution in [-0.2, 0) is 0 Å². The highest BCUT2D eigenvalue weighted by Gasteiger charge is 2.11. The van der Waals surface area contributed by atoms with Crippen LogP contribution in [0.15, 0.2) is 18.2 Å². The van der Waals surface area contributed by atoms with Gasteiger partial charge in [0.15, 0.2) is 0 Å². The number of nitro benzene ring substituents is 1. The molecule has 0 fully saturated rings. The molecule has 1 amide bonds. The first kappa shape index (κ1) is 12.7. The zero-order chi connectivity index (χ0) is 12.8. The van der Waals surface area contributed by atoms with Crippen molar-refractivity contribution in [1.82, 2.24) is 0 Å². The Morgan fingerprint density at radius 1 is 1.47 bits per heavy atom. The van der Waals surface area contributed by atoms with E-state index in [1.165, 1.54) is 12.1 Å². The zero-order valence-corrected chi connectivity index (χ0v) is 8.84. The number of hydrogen-bond donors (Lipinski definition) is 2. The van der Waals surface area contributed by atoms with Gasteiger partial charge in [0.2, 0.25) is 5.91 Å². The van der Waals surface area contributed by atoms with E-state index in [9.17, 15) is 14.9 Å². The molecular weight excluding hydrogens is 224 g/mol. The Morgan fingerprint density at radius 3 is 2.71 bits per heavy atom. The molecule has 0 aliphatic rings. The average Bonchev–Trinajstić information content (AvgIpc) is 2.29. The molecule has 3 N–H and O–H groups in total. The predicted octanol–water partition coefficient (Wildman–Crippen LogP) is 0.428. The molecule has 0 saturated heterocycles. The number of aliphatic hydroxyl groups is 1. The van der Waals surface area contributed by atoms with Gasteiger partial charge in [-0.3, -0.25) is 14.9 Å². The molecule has 1 aromatic rings. The Bertz CT molecular complexity index is 482. The molecule has 6 nitrogen and oxygen atoms in total. The molecule has 0 aromatic heterocycles. The van der Waals surface area contributed by atoms with Gasteiger partial charge >= 0.3 is 0 Å². The summed E-state index contributed by atoms with van der Waals surface area (Å²) < 4.78 is 0. The van der Waals surface area contributed by atoms with Gasteiger partial charge in [0, 0.05) is 29.7 Å². The largest absolute Gasteiger partial charge is 0.395 e. The van der Waals surface area contributed by atoms with Crippen LogP contribution in [0.3, 0.4) is 0 Å². The van der Waals surface area contributed by atoms with Crippen molar-refractivity contribution in [2.45, 2.75) is 6.42 Å². The van der Waals surface area contributed by atoms with Crippen molar-refractivity contribution in [1.29, 1.82) is 0 Å². The Balaban J connectivity index is 3.18. The molecule has 1 aromatic carbocycles. The highest BCUT2D eigenvalue weighted by Crippen LogP contribution is 2.16. The molecule has 0 aliphatic heterocycles. The SMILES string of the molecule is NC(=O)c1cc(C#CCCO)cc([N+](=O)[O-])c1. The van der Waals surface area contributed by atoms with Gasteiger partial charge in [0.05, 0.1) is 11.5 Å². The fourth-order valence-electron chi connectivity index (χ4n) is 1.15. The fourth-order valence-corrected chi connectivity index (χ4v) is 1.15. The van der Waals surface area contributed by atoms with E-state index in [0.29, 0.717) is 5.56 Å². The predicted molar refractivity (Wildman–Crippen MR) is 60.2 cm³/mol. The summed E-state index contributed by atoms with van der Waals surface area (Å²) in [6.07, 6.45) is 0.259. The number of amides is 1. The van der Waals surface area contributed by atoms with E-state index >= 15 is 0 Å². The number of carbonyl (C=O) groups is 1. The van der Waals surface area contributed by atoms with Crippen LogP contribution in [0.1, 0.15) is 22.3 Å². The van der Waals surface area contributed by atoms with E-state index in [-0.39, 0.29) is 24.3 Å². The third-order valence-corrected chi connectivity index (χ3v) is 1.88. The molecule has 0 heterocycles. The van der Waals surface area contributed by atoms with E-state index < -0.39 is 10.8 Å². The van der Waals surface area contributed by atoms with Gasteiger partial charge in [0.1, 0.15) is 0 Å². The number of nitro groups is 1. The summed E-state index contributed by atoms with van der Waals surface area (Å²) in [5.41, 5.74) is 5.17. The Labute approximate surface area is 97.2 Å². The summed E-state index contributed by atoms with van der Waals surface area (Å²) in [6, 6.07) is 3.72. The van der Waals surface area contributed by atoms with Crippen LogP contribution in [-0.4, -0.2) is 22.5 Å². The maximum atomic E-state index is 11.0. The second kappa shape index (κ2) is 5.63. The summed E-state index contributed by atoms with van der Waals surface area (Å²) >= 11 is 0. The smallest absolute Gasteiger partial charge is 0.271 e. The van der Waals surface area contributed by atoms with Crippen LogP contribution in [0.2, 0.25) is 0 Å². The minimum absolute atomic E-state index is 0.0347. The molecule has 0 bridgehead atoms. The number of nitrogens with zero attached hydrogens (tertiary/aromatic N) is 1. The molecule has 0 aliphatic carbocycles. The molecule has 0 atom stereocenters. The maximum Gasteiger partial charge on any atom is 0.271 e. The molecule has 0 radical (unpaired) electrons. The van der Waals surface area contributed by atoms with E-state index in [0.717, 1.165) is 6.07 Å². The minimum Gasteiger partial charge on any atom is -0.395 e. The lowest BCUT2D eigenvalue weighted by Gasteiger charge is -1.98. The highest BCUT2D eigenvalue weighted by atomic mass is 16.6. The van der Waals surface area contributed by atoms with Crippen LogP contribution in [0.25, 0.3) is 0 Å². The third kappa shape index (κ3) is 3.59. The molecule has 1 rings (SSSR count). The first-order valence-corrected chi connectivity index (χ1v) is 4.73. The number of nitrogens with two attached hydrogens (primary N) is 1. The van der Waals surface area contributed by atoms with Crippen LogP contribution in [0, 0.1) is 22.0 Å². The van der Waals surface area contributed by atoms with Crippen molar-refractivity contribution in [2.75, 3.05) is 6.61 Å². The van der Waals surface area contributed by atoms with Crippen molar-refractivity contribution in [3.8, 4) is 11.8 Å². The van der Waals surface area contributed by atoms with E-state index in [4.69, 9.17) is 10.8 Å². The summed E-state index contributed by atoms with van der Waals surface area (Å²) in [6.45, 7) is -0.0927. The van der Waals surface area contributed by atoms with E-state index in [1.807, 2.05) is 0 Å². The highest BCUT2D eigenvalue weighted by molar-refractivity contribution is 5.93. The Morgan fingerprint density at radius 2 is 2.18 bits per heavy atom. The number of hydrogen-bond acceptors (Lipinski definition) is 4. The molecule has 17 heavy (non-hydrogen) atoms. The molecule has 0 spiro atoms. The number of carbonyl (C=O) groups excluding carboxylic acids is 1. The number of benzene rings is 1. The van der Waals surface area contributed by atoms with Crippen LogP contribution in [0.4, 0.5) is 5.69 Å². The Hall–Kier alpha value is -2.39. The van der Waals surface area contributed by atoms with Gasteiger partial charge in [-0.1, -0.05) is 11.8 Å². The molecule has 88 valence electrons. The monoisotopic (exact) mass is 234 g/mol. The molecule has 0 unspecified atom stereocenters. The van der Waals surface area contributed by atoms with E-state index in [1.54, 1.807) is 0 Å². The van der Waals surface area contributed by atoms with Gasteiger partial charge in [-0.2, -0.15) is 0 Å². The Kier molecular flexibility index (Phi) is 4.20. The fraction of sp³-hybridized carbons (Fsp3) is 0.182. The quantitative estimate of drug-likeness (QED) is 0.449. The van der Waals surface area contributed by atoms with Crippen molar-refractivity contribution in [3.63, 3.8) is 0 Å². The van der Waals surface area contributed by atoms with E-state index in [2.05, 4.69) is 11.8 Å². The number of rotatable bonds is 3. The number of primary amides is 1. The molecule has 0 saturated carbocycles. The number of aliphatic hydroxyl groups excluding tert-OH is 1. The summed E-state index contributed by atoms with van der Waals surface area (Å²) in [5, 5.41) is 19.2. The van der Waals surface area contributed by atoms with Gasteiger partial charge in [-0.05, 0) is 6.07 Å². The van der Waals surface area contributed by atoms with Crippen LogP contribution < -0.4 is 5.73 Å². The zero-order valence-electron chi connectivity index (χ0n) is 8.84. The second-order valence-corrected chi connectivity index (χ2v) is 3.17. The topological polar surface area (TPSA) is 106 Å². The normalized spacial score (nSPS) is 9.24. The lowest BCUT2D eigenvalue weighted by Crippen LogP contribution is -2.11. The molecule has 6 heteroatoms. The summed E-state index contributed by atoms with van der Waals surface area (Å²) in [5.74, 6) is 4.47. The van der Waals surface area contributed by atoms with Gasteiger partial charge in [-0.15, -0.1) is 0 Å².